The Kier molecular flexibility index (Phi) is 3.74. The molecule has 4 nitrogen and oxygen atoms in total. The minimum absolute atomic E-state index is 0.874. The lowest BCUT2D eigenvalue weighted by atomic mass is 10.0. The van der Waals surface area contributed by atoms with Gasteiger partial charge < -0.3 is 9.88 Å². The smallest absolute Gasteiger partial charge is 0.133 e. The van der Waals surface area contributed by atoms with Crippen LogP contribution < -0.4 is 5.32 Å². The summed E-state index contributed by atoms with van der Waals surface area (Å²) in [5, 5.41) is 14.1. The molecule has 0 unspecified atom stereocenters. The van der Waals surface area contributed by atoms with Crippen LogP contribution in [0.1, 0.15) is 11.4 Å². The number of benzene rings is 2. The van der Waals surface area contributed by atoms with Gasteiger partial charge in [0, 0.05) is 26.6 Å². The third-order valence-electron chi connectivity index (χ3n) is 3.53. The number of hydrogen-bond acceptors (Lipinski definition) is 3. The Balaban J connectivity index is 1.62. The molecule has 2 aromatic carbocycles. The Morgan fingerprint density at radius 1 is 1.10 bits per heavy atom. The van der Waals surface area contributed by atoms with Crippen molar-refractivity contribution in [3.63, 3.8) is 0 Å². The molecule has 0 aliphatic rings. The van der Waals surface area contributed by atoms with Gasteiger partial charge >= 0.3 is 0 Å². The first kappa shape index (κ1) is 12.8. The normalized spacial score (nSPS) is 11.1. The Bertz CT molecular complexity index is 697. The van der Waals surface area contributed by atoms with Crippen molar-refractivity contribution in [2.45, 2.75) is 13.0 Å². The Morgan fingerprint density at radius 2 is 1.95 bits per heavy atom. The molecule has 4 heteroatoms. The van der Waals surface area contributed by atoms with Crippen molar-refractivity contribution < 1.29 is 0 Å². The molecule has 0 spiro atoms. The Hall–Kier alpha value is -2.20. The molecule has 1 heterocycles. The summed E-state index contributed by atoms with van der Waals surface area (Å²) in [7, 11) is 1.97. The highest BCUT2D eigenvalue weighted by Gasteiger charge is 2.02. The quantitative estimate of drug-likeness (QED) is 0.721. The molecule has 20 heavy (non-hydrogen) atoms. The molecule has 0 radical (unpaired) electrons. The second-order valence-electron chi connectivity index (χ2n) is 4.92. The summed E-state index contributed by atoms with van der Waals surface area (Å²) < 4.78 is 1.96. The average Bonchev–Trinajstić information content (AvgIpc) is 2.89. The number of nitrogens with one attached hydrogen (secondary N) is 1. The maximum absolute atomic E-state index is 4.08. The van der Waals surface area contributed by atoms with Gasteiger partial charge in [0.05, 0.1) is 0 Å². The van der Waals surface area contributed by atoms with E-state index in [0.717, 1.165) is 25.3 Å². The minimum atomic E-state index is 0.874. The van der Waals surface area contributed by atoms with Crippen molar-refractivity contribution in [2.24, 2.45) is 7.05 Å². The van der Waals surface area contributed by atoms with Crippen molar-refractivity contribution in [1.29, 1.82) is 0 Å². The van der Waals surface area contributed by atoms with Crippen molar-refractivity contribution in [3.8, 4) is 0 Å². The van der Waals surface area contributed by atoms with Crippen LogP contribution in [0.15, 0.2) is 48.8 Å². The van der Waals surface area contributed by atoms with Gasteiger partial charge in [-0.05, 0) is 16.3 Å². The molecule has 3 aromatic rings. The van der Waals surface area contributed by atoms with Crippen LogP contribution in [-0.2, 0) is 20.0 Å². The molecular formula is C16H18N4. The van der Waals surface area contributed by atoms with Crippen LogP contribution in [0.4, 0.5) is 0 Å². The van der Waals surface area contributed by atoms with Gasteiger partial charge in [-0.15, -0.1) is 10.2 Å². The van der Waals surface area contributed by atoms with Crippen LogP contribution in [0.3, 0.4) is 0 Å². The fourth-order valence-corrected chi connectivity index (χ4v) is 2.40. The molecule has 0 saturated carbocycles. The fraction of sp³-hybridized carbons (Fsp3) is 0.250. The van der Waals surface area contributed by atoms with Crippen molar-refractivity contribution in [1.82, 2.24) is 20.1 Å². The molecule has 3 rings (SSSR count). The zero-order chi connectivity index (χ0) is 13.8. The first-order valence-electron chi connectivity index (χ1n) is 6.85. The van der Waals surface area contributed by atoms with Gasteiger partial charge in [-0.2, -0.15) is 0 Å². The molecule has 0 atom stereocenters. The molecule has 0 fully saturated rings. The van der Waals surface area contributed by atoms with Crippen molar-refractivity contribution in [3.05, 3.63) is 60.2 Å². The first-order chi connectivity index (χ1) is 9.84. The van der Waals surface area contributed by atoms with E-state index in [1.165, 1.54) is 16.3 Å². The zero-order valence-corrected chi connectivity index (χ0v) is 11.6. The van der Waals surface area contributed by atoms with E-state index in [1.807, 2.05) is 11.6 Å². The van der Waals surface area contributed by atoms with Gasteiger partial charge in [-0.1, -0.05) is 42.5 Å². The largest absolute Gasteiger partial charge is 0.321 e. The van der Waals surface area contributed by atoms with E-state index in [0.29, 0.717) is 0 Å². The maximum Gasteiger partial charge on any atom is 0.133 e. The van der Waals surface area contributed by atoms with Crippen LogP contribution in [0.25, 0.3) is 10.8 Å². The van der Waals surface area contributed by atoms with Gasteiger partial charge in [0.1, 0.15) is 12.2 Å². The number of fused-ring (bicyclic) bond motifs is 1. The number of aryl methyl sites for hydroxylation is 1. The highest BCUT2D eigenvalue weighted by molar-refractivity contribution is 5.85. The first-order valence-corrected chi connectivity index (χ1v) is 6.85. The molecule has 102 valence electrons. The van der Waals surface area contributed by atoms with Crippen LogP contribution in [0.2, 0.25) is 0 Å². The van der Waals surface area contributed by atoms with Crippen LogP contribution >= 0.6 is 0 Å². The second-order valence-corrected chi connectivity index (χ2v) is 4.92. The summed E-state index contributed by atoms with van der Waals surface area (Å²) in [5.41, 5.74) is 1.33. The SMILES string of the molecule is Cn1cnnc1CCNCc1cccc2ccccc12. The van der Waals surface area contributed by atoms with Gasteiger partial charge in [0.25, 0.3) is 0 Å². The van der Waals surface area contributed by atoms with E-state index in [1.54, 1.807) is 6.33 Å². The fourth-order valence-electron chi connectivity index (χ4n) is 2.40. The van der Waals surface area contributed by atoms with E-state index in [-0.39, 0.29) is 0 Å². The monoisotopic (exact) mass is 266 g/mol. The predicted octanol–water partition coefficient (Wildman–Crippen LogP) is 2.30. The number of nitrogens with zero attached hydrogens (tertiary/aromatic N) is 3. The number of hydrogen-bond donors (Lipinski definition) is 1. The number of aromatic nitrogens is 3. The lowest BCUT2D eigenvalue weighted by Gasteiger charge is -2.08. The molecular weight excluding hydrogens is 248 g/mol. The molecule has 0 amide bonds. The second kappa shape index (κ2) is 5.84. The summed E-state index contributed by atoms with van der Waals surface area (Å²) in [6, 6.07) is 14.9. The standard InChI is InChI=1S/C16H18N4/c1-20-12-18-19-16(20)9-10-17-11-14-7-4-6-13-5-2-3-8-15(13)14/h2-8,12,17H,9-11H2,1H3. The minimum Gasteiger partial charge on any atom is -0.321 e. The van der Waals surface area contributed by atoms with Crippen molar-refractivity contribution >= 4 is 10.8 Å². The summed E-state index contributed by atoms with van der Waals surface area (Å²) in [6.45, 7) is 1.77. The van der Waals surface area contributed by atoms with Gasteiger partial charge in [0.2, 0.25) is 0 Å². The molecule has 1 N–H and O–H groups in total. The van der Waals surface area contributed by atoms with E-state index in [9.17, 15) is 0 Å². The van der Waals surface area contributed by atoms with E-state index in [2.05, 4.69) is 58.0 Å². The number of rotatable bonds is 5. The summed E-state index contributed by atoms with van der Waals surface area (Å²) in [6.07, 6.45) is 2.63. The lowest BCUT2D eigenvalue weighted by Crippen LogP contribution is -2.18. The average molecular weight is 266 g/mol. The predicted molar refractivity (Wildman–Crippen MR) is 80.4 cm³/mol. The maximum atomic E-state index is 4.08. The molecule has 0 bridgehead atoms. The van der Waals surface area contributed by atoms with Gasteiger partial charge in [0.15, 0.2) is 0 Å². The molecule has 0 saturated heterocycles. The Morgan fingerprint density at radius 3 is 2.80 bits per heavy atom. The summed E-state index contributed by atoms with van der Waals surface area (Å²) in [5.74, 6) is 1.01. The van der Waals surface area contributed by atoms with Crippen molar-refractivity contribution in [2.75, 3.05) is 6.54 Å². The topological polar surface area (TPSA) is 42.7 Å². The third kappa shape index (κ3) is 2.70. The van der Waals surface area contributed by atoms with Gasteiger partial charge in [-0.3, -0.25) is 0 Å². The van der Waals surface area contributed by atoms with Crippen LogP contribution in [-0.4, -0.2) is 21.3 Å². The Labute approximate surface area is 118 Å². The molecule has 0 aliphatic carbocycles. The van der Waals surface area contributed by atoms with E-state index < -0.39 is 0 Å². The highest BCUT2D eigenvalue weighted by Crippen LogP contribution is 2.18. The lowest BCUT2D eigenvalue weighted by molar-refractivity contribution is 0.656. The van der Waals surface area contributed by atoms with Crippen LogP contribution in [0, 0.1) is 0 Å². The summed E-state index contributed by atoms with van der Waals surface area (Å²) >= 11 is 0. The van der Waals surface area contributed by atoms with Crippen LogP contribution in [0.5, 0.6) is 0 Å². The third-order valence-corrected chi connectivity index (χ3v) is 3.53. The van der Waals surface area contributed by atoms with Gasteiger partial charge in [-0.25, -0.2) is 0 Å². The summed E-state index contributed by atoms with van der Waals surface area (Å²) in [4.78, 5) is 0. The molecule has 1 aromatic heterocycles. The highest BCUT2D eigenvalue weighted by atomic mass is 15.2. The molecule has 0 aliphatic heterocycles. The zero-order valence-electron chi connectivity index (χ0n) is 11.6. The van der Waals surface area contributed by atoms with E-state index >= 15 is 0 Å². The van der Waals surface area contributed by atoms with E-state index in [4.69, 9.17) is 0 Å².